The van der Waals surface area contributed by atoms with Crippen molar-refractivity contribution < 1.29 is 8.42 Å². The van der Waals surface area contributed by atoms with E-state index in [0.29, 0.717) is 0 Å². The Labute approximate surface area is 160 Å². The number of benzene rings is 1. The molecule has 3 rings (SSSR count). The van der Waals surface area contributed by atoms with Crippen molar-refractivity contribution in [2.45, 2.75) is 25.6 Å². The third kappa shape index (κ3) is 5.37. The van der Waals surface area contributed by atoms with Crippen LogP contribution in [0.1, 0.15) is 23.4 Å². The monoisotopic (exact) mass is 393 g/mol. The SMILES string of the molecule is C[C@@H](NS(C)(=O)=O)[C@@H](c1cccs1)N1CCN(Cc2ccccc2)CC1. The van der Waals surface area contributed by atoms with E-state index in [1.165, 1.54) is 16.7 Å². The number of nitrogens with one attached hydrogen (secondary N) is 1. The molecule has 0 unspecified atom stereocenters. The molecule has 1 aromatic heterocycles. The first-order valence-corrected chi connectivity index (χ1v) is 11.7. The third-order valence-corrected chi connectivity index (χ3v) is 6.50. The quantitative estimate of drug-likeness (QED) is 0.785. The number of hydrogen-bond acceptors (Lipinski definition) is 5. The molecule has 0 radical (unpaired) electrons. The molecule has 1 aromatic carbocycles. The number of thiophene rings is 1. The summed E-state index contributed by atoms with van der Waals surface area (Å²) in [5, 5.41) is 2.06. The highest BCUT2D eigenvalue weighted by molar-refractivity contribution is 7.88. The molecule has 142 valence electrons. The summed E-state index contributed by atoms with van der Waals surface area (Å²) in [6.07, 6.45) is 1.23. The van der Waals surface area contributed by atoms with Crippen LogP contribution in [0.4, 0.5) is 0 Å². The van der Waals surface area contributed by atoms with Crippen molar-refractivity contribution in [3.05, 3.63) is 58.3 Å². The van der Waals surface area contributed by atoms with Crippen LogP contribution >= 0.6 is 11.3 Å². The first-order valence-electron chi connectivity index (χ1n) is 8.93. The van der Waals surface area contributed by atoms with Gasteiger partial charge in [-0.05, 0) is 23.9 Å². The van der Waals surface area contributed by atoms with Crippen LogP contribution in [0.25, 0.3) is 0 Å². The lowest BCUT2D eigenvalue weighted by Crippen LogP contribution is -2.51. The summed E-state index contributed by atoms with van der Waals surface area (Å²) in [6, 6.07) is 14.6. The number of nitrogens with zero attached hydrogens (tertiary/aromatic N) is 2. The fraction of sp³-hybridized carbons (Fsp3) is 0.474. The molecular weight excluding hydrogens is 366 g/mol. The predicted octanol–water partition coefficient (Wildman–Crippen LogP) is 2.54. The van der Waals surface area contributed by atoms with E-state index in [1.54, 1.807) is 11.3 Å². The lowest BCUT2D eigenvalue weighted by molar-refractivity contribution is 0.0819. The van der Waals surface area contributed by atoms with Gasteiger partial charge in [0.1, 0.15) is 0 Å². The van der Waals surface area contributed by atoms with E-state index in [2.05, 4.69) is 50.2 Å². The Morgan fingerprint density at radius 2 is 1.77 bits per heavy atom. The van der Waals surface area contributed by atoms with Crippen LogP contribution in [0.15, 0.2) is 47.8 Å². The van der Waals surface area contributed by atoms with Gasteiger partial charge in [-0.2, -0.15) is 0 Å². The summed E-state index contributed by atoms with van der Waals surface area (Å²) in [7, 11) is -3.23. The highest BCUT2D eigenvalue weighted by Gasteiger charge is 2.31. The zero-order valence-electron chi connectivity index (χ0n) is 15.3. The summed E-state index contributed by atoms with van der Waals surface area (Å²) < 4.78 is 26.2. The molecule has 0 spiro atoms. The molecule has 26 heavy (non-hydrogen) atoms. The van der Waals surface area contributed by atoms with Gasteiger partial charge in [-0.25, -0.2) is 13.1 Å². The first-order chi connectivity index (χ1) is 12.4. The topological polar surface area (TPSA) is 52.7 Å². The summed E-state index contributed by atoms with van der Waals surface area (Å²) in [6.45, 7) is 6.78. The Bertz CT molecular complexity index is 770. The average molecular weight is 394 g/mol. The van der Waals surface area contributed by atoms with E-state index in [0.717, 1.165) is 32.7 Å². The fourth-order valence-corrected chi connectivity index (χ4v) is 5.41. The number of hydrogen-bond donors (Lipinski definition) is 1. The van der Waals surface area contributed by atoms with Gasteiger partial charge in [0.15, 0.2) is 0 Å². The van der Waals surface area contributed by atoms with Crippen LogP contribution in [0.2, 0.25) is 0 Å². The highest BCUT2D eigenvalue weighted by Crippen LogP contribution is 2.29. The molecule has 1 saturated heterocycles. The maximum Gasteiger partial charge on any atom is 0.209 e. The van der Waals surface area contributed by atoms with Crippen molar-refractivity contribution >= 4 is 21.4 Å². The molecule has 0 amide bonds. The van der Waals surface area contributed by atoms with E-state index < -0.39 is 10.0 Å². The van der Waals surface area contributed by atoms with E-state index in [1.807, 2.05) is 19.1 Å². The normalized spacial score (nSPS) is 19.3. The Morgan fingerprint density at radius 3 is 2.35 bits per heavy atom. The molecule has 2 atom stereocenters. The summed E-state index contributed by atoms with van der Waals surface area (Å²) in [4.78, 5) is 6.09. The van der Waals surface area contributed by atoms with Crippen LogP contribution in [-0.2, 0) is 16.6 Å². The van der Waals surface area contributed by atoms with E-state index >= 15 is 0 Å². The van der Waals surface area contributed by atoms with Crippen LogP contribution < -0.4 is 4.72 Å². The number of sulfonamides is 1. The molecule has 1 fully saturated rings. The molecule has 1 aliphatic rings. The van der Waals surface area contributed by atoms with Crippen molar-refractivity contribution in [1.82, 2.24) is 14.5 Å². The summed E-state index contributed by atoms with van der Waals surface area (Å²) in [5.41, 5.74) is 1.34. The molecule has 0 saturated carbocycles. The number of rotatable bonds is 7. The van der Waals surface area contributed by atoms with E-state index in [-0.39, 0.29) is 12.1 Å². The zero-order valence-corrected chi connectivity index (χ0v) is 17.0. The van der Waals surface area contributed by atoms with Gasteiger partial charge in [-0.1, -0.05) is 36.4 Å². The lowest BCUT2D eigenvalue weighted by Gasteiger charge is -2.41. The molecular formula is C19H27N3O2S2. The van der Waals surface area contributed by atoms with Gasteiger partial charge in [-0.3, -0.25) is 9.80 Å². The minimum absolute atomic E-state index is 0.0728. The van der Waals surface area contributed by atoms with Crippen molar-refractivity contribution in [1.29, 1.82) is 0 Å². The molecule has 2 aromatic rings. The maximum absolute atomic E-state index is 11.7. The fourth-order valence-electron chi connectivity index (χ4n) is 3.65. The minimum atomic E-state index is -3.23. The molecule has 2 heterocycles. The van der Waals surface area contributed by atoms with Gasteiger partial charge in [-0.15, -0.1) is 11.3 Å². The second-order valence-corrected chi connectivity index (χ2v) is 9.70. The predicted molar refractivity (Wildman–Crippen MR) is 108 cm³/mol. The Balaban J connectivity index is 1.65. The first kappa shape index (κ1) is 19.5. The second kappa shape index (κ2) is 8.63. The third-order valence-electron chi connectivity index (χ3n) is 4.76. The summed E-state index contributed by atoms with van der Waals surface area (Å²) in [5.74, 6) is 0. The van der Waals surface area contributed by atoms with E-state index in [9.17, 15) is 8.42 Å². The van der Waals surface area contributed by atoms with Crippen LogP contribution in [0.3, 0.4) is 0 Å². The van der Waals surface area contributed by atoms with Gasteiger partial charge in [0.05, 0.1) is 12.3 Å². The molecule has 7 heteroatoms. The van der Waals surface area contributed by atoms with Crippen LogP contribution in [0, 0.1) is 0 Å². The van der Waals surface area contributed by atoms with Gasteiger partial charge < -0.3 is 0 Å². The molecule has 1 aliphatic heterocycles. The van der Waals surface area contributed by atoms with Crippen molar-refractivity contribution in [3.8, 4) is 0 Å². The second-order valence-electron chi connectivity index (χ2n) is 6.94. The molecule has 0 bridgehead atoms. The summed E-state index contributed by atoms with van der Waals surface area (Å²) >= 11 is 1.69. The largest absolute Gasteiger partial charge is 0.297 e. The highest BCUT2D eigenvalue weighted by atomic mass is 32.2. The van der Waals surface area contributed by atoms with Crippen molar-refractivity contribution in [3.63, 3.8) is 0 Å². The van der Waals surface area contributed by atoms with Gasteiger partial charge in [0.2, 0.25) is 10.0 Å². The molecule has 0 aliphatic carbocycles. The van der Waals surface area contributed by atoms with Crippen molar-refractivity contribution in [2.24, 2.45) is 0 Å². The standard InChI is InChI=1S/C19H27N3O2S2/c1-16(20-26(2,23)24)19(18-9-6-14-25-18)22-12-10-21(11-13-22)15-17-7-4-3-5-8-17/h3-9,14,16,19-20H,10-13,15H2,1-2H3/t16-,19+/m1/s1. The molecule has 1 N–H and O–H groups in total. The van der Waals surface area contributed by atoms with Gasteiger partial charge in [0, 0.05) is 43.6 Å². The van der Waals surface area contributed by atoms with Crippen LogP contribution in [0.5, 0.6) is 0 Å². The Kier molecular flexibility index (Phi) is 6.47. The Hall–Kier alpha value is -1.25. The average Bonchev–Trinajstić information content (AvgIpc) is 3.10. The zero-order chi connectivity index (χ0) is 18.6. The minimum Gasteiger partial charge on any atom is -0.297 e. The van der Waals surface area contributed by atoms with Crippen LogP contribution in [-0.4, -0.2) is 56.7 Å². The maximum atomic E-state index is 11.7. The van der Waals surface area contributed by atoms with Gasteiger partial charge >= 0.3 is 0 Å². The van der Waals surface area contributed by atoms with Crippen molar-refractivity contribution in [2.75, 3.05) is 32.4 Å². The lowest BCUT2D eigenvalue weighted by atomic mass is 10.1. The number of piperazine rings is 1. The van der Waals surface area contributed by atoms with E-state index in [4.69, 9.17) is 0 Å². The smallest absolute Gasteiger partial charge is 0.209 e. The molecule has 5 nitrogen and oxygen atoms in total. The Morgan fingerprint density at radius 1 is 1.08 bits per heavy atom. The van der Waals surface area contributed by atoms with Gasteiger partial charge in [0.25, 0.3) is 0 Å².